The maximum atomic E-state index is 11.7. The van der Waals surface area contributed by atoms with E-state index in [1.807, 2.05) is 19.1 Å². The van der Waals surface area contributed by atoms with E-state index in [1.165, 1.54) is 0 Å². The van der Waals surface area contributed by atoms with E-state index in [0.717, 1.165) is 5.56 Å². The van der Waals surface area contributed by atoms with Crippen molar-refractivity contribution < 1.29 is 14.3 Å². The number of carbonyl (C=O) groups is 2. The second-order valence-electron chi connectivity index (χ2n) is 4.68. The van der Waals surface area contributed by atoms with Crippen LogP contribution in [0.1, 0.15) is 5.56 Å². The lowest BCUT2D eigenvalue weighted by Crippen LogP contribution is -2.45. The van der Waals surface area contributed by atoms with Crippen molar-refractivity contribution in [3.63, 3.8) is 0 Å². The molecule has 0 radical (unpaired) electrons. The SMILES string of the molecule is Cc1ccccc1NC(=O)NNC(=O)COc1ccc(Cl)cc1. The number of hydrogen-bond acceptors (Lipinski definition) is 3. The Balaban J connectivity index is 1.72. The molecule has 0 saturated heterocycles. The first-order valence-corrected chi connectivity index (χ1v) is 7.22. The zero-order chi connectivity index (χ0) is 16.7. The summed E-state index contributed by atoms with van der Waals surface area (Å²) in [5.74, 6) is 0.0220. The molecule has 23 heavy (non-hydrogen) atoms. The van der Waals surface area contributed by atoms with Gasteiger partial charge in [0, 0.05) is 10.7 Å². The summed E-state index contributed by atoms with van der Waals surface area (Å²) in [6, 6.07) is 13.4. The summed E-state index contributed by atoms with van der Waals surface area (Å²) in [4.78, 5) is 23.3. The number of hydrogen-bond donors (Lipinski definition) is 3. The van der Waals surface area contributed by atoms with Crippen LogP contribution in [-0.4, -0.2) is 18.5 Å². The Morgan fingerprint density at radius 3 is 2.43 bits per heavy atom. The Hall–Kier alpha value is -2.73. The predicted molar refractivity (Wildman–Crippen MR) is 88.4 cm³/mol. The third-order valence-electron chi connectivity index (χ3n) is 2.89. The molecule has 0 heterocycles. The number of halogens is 1. The summed E-state index contributed by atoms with van der Waals surface area (Å²) < 4.78 is 5.25. The van der Waals surface area contributed by atoms with Gasteiger partial charge in [-0.1, -0.05) is 29.8 Å². The van der Waals surface area contributed by atoms with Gasteiger partial charge in [0.2, 0.25) is 0 Å². The molecule has 6 nitrogen and oxygen atoms in total. The summed E-state index contributed by atoms with van der Waals surface area (Å²) in [6.45, 7) is 1.64. The maximum Gasteiger partial charge on any atom is 0.337 e. The van der Waals surface area contributed by atoms with Crippen molar-refractivity contribution in [1.29, 1.82) is 0 Å². The molecule has 0 aliphatic rings. The summed E-state index contributed by atoms with van der Waals surface area (Å²) in [5, 5.41) is 3.21. The summed E-state index contributed by atoms with van der Waals surface area (Å²) in [7, 11) is 0. The molecule has 2 rings (SSSR count). The molecule has 3 N–H and O–H groups in total. The number of aryl methyl sites for hydroxylation is 1. The molecular formula is C16H16ClN3O3. The van der Waals surface area contributed by atoms with Crippen molar-refractivity contribution in [2.75, 3.05) is 11.9 Å². The van der Waals surface area contributed by atoms with Gasteiger partial charge < -0.3 is 10.1 Å². The number of urea groups is 1. The van der Waals surface area contributed by atoms with Crippen molar-refractivity contribution in [3.05, 3.63) is 59.1 Å². The van der Waals surface area contributed by atoms with Gasteiger partial charge in [-0.2, -0.15) is 0 Å². The first-order chi connectivity index (χ1) is 11.0. The van der Waals surface area contributed by atoms with Crippen LogP contribution in [0.2, 0.25) is 5.02 Å². The number of rotatable bonds is 4. The summed E-state index contributed by atoms with van der Waals surface area (Å²) in [5.41, 5.74) is 6.08. The highest BCUT2D eigenvalue weighted by Gasteiger charge is 2.06. The minimum Gasteiger partial charge on any atom is -0.484 e. The lowest BCUT2D eigenvalue weighted by molar-refractivity contribution is -0.123. The van der Waals surface area contributed by atoms with Gasteiger partial charge in [-0.05, 0) is 42.8 Å². The van der Waals surface area contributed by atoms with E-state index in [1.54, 1.807) is 36.4 Å². The molecule has 0 bridgehead atoms. The van der Waals surface area contributed by atoms with E-state index in [4.69, 9.17) is 16.3 Å². The van der Waals surface area contributed by atoms with E-state index in [9.17, 15) is 9.59 Å². The highest BCUT2D eigenvalue weighted by atomic mass is 35.5. The first-order valence-electron chi connectivity index (χ1n) is 6.84. The second-order valence-corrected chi connectivity index (χ2v) is 5.12. The van der Waals surface area contributed by atoms with Crippen LogP contribution < -0.4 is 20.9 Å². The maximum absolute atomic E-state index is 11.7. The normalized spacial score (nSPS) is 9.83. The first kappa shape index (κ1) is 16.6. The van der Waals surface area contributed by atoms with E-state index < -0.39 is 11.9 Å². The molecule has 3 amide bonds. The van der Waals surface area contributed by atoms with Gasteiger partial charge in [0.1, 0.15) is 5.75 Å². The number of anilines is 1. The number of benzene rings is 2. The quantitative estimate of drug-likeness (QED) is 0.753. The van der Waals surface area contributed by atoms with Crippen molar-refractivity contribution >= 4 is 29.2 Å². The second kappa shape index (κ2) is 8.05. The Bertz CT molecular complexity index is 689. The largest absolute Gasteiger partial charge is 0.484 e. The van der Waals surface area contributed by atoms with Gasteiger partial charge in [0.15, 0.2) is 6.61 Å². The molecular weight excluding hydrogens is 318 g/mol. The predicted octanol–water partition coefficient (Wildman–Crippen LogP) is 2.88. The number of hydrazine groups is 1. The molecule has 0 aliphatic carbocycles. The average Bonchev–Trinajstić information content (AvgIpc) is 2.54. The van der Waals surface area contributed by atoms with Gasteiger partial charge in [-0.3, -0.25) is 10.2 Å². The van der Waals surface area contributed by atoms with Crippen LogP contribution in [0.25, 0.3) is 0 Å². The molecule has 2 aromatic rings. The van der Waals surface area contributed by atoms with E-state index in [0.29, 0.717) is 16.5 Å². The fraction of sp³-hybridized carbons (Fsp3) is 0.125. The van der Waals surface area contributed by atoms with Crippen LogP contribution in [0, 0.1) is 6.92 Å². The summed E-state index contributed by atoms with van der Waals surface area (Å²) >= 11 is 5.75. The number of amides is 3. The fourth-order valence-electron chi connectivity index (χ4n) is 1.71. The Labute approximate surface area is 138 Å². The average molecular weight is 334 g/mol. The Morgan fingerprint density at radius 2 is 1.74 bits per heavy atom. The van der Waals surface area contributed by atoms with Crippen LogP contribution in [0.4, 0.5) is 10.5 Å². The third-order valence-corrected chi connectivity index (χ3v) is 3.14. The smallest absolute Gasteiger partial charge is 0.337 e. The number of carbonyl (C=O) groups excluding carboxylic acids is 2. The molecule has 120 valence electrons. The van der Waals surface area contributed by atoms with Crippen molar-refractivity contribution in [2.45, 2.75) is 6.92 Å². The molecule has 0 unspecified atom stereocenters. The van der Waals surface area contributed by atoms with Crippen LogP contribution in [0.5, 0.6) is 5.75 Å². The number of ether oxygens (including phenoxy) is 1. The van der Waals surface area contributed by atoms with Crippen LogP contribution in [0.3, 0.4) is 0 Å². The zero-order valence-electron chi connectivity index (χ0n) is 12.4. The molecule has 0 atom stereocenters. The molecule has 0 aliphatic heterocycles. The van der Waals surface area contributed by atoms with Crippen molar-refractivity contribution in [1.82, 2.24) is 10.9 Å². The zero-order valence-corrected chi connectivity index (χ0v) is 13.2. The van der Waals surface area contributed by atoms with Gasteiger partial charge in [-0.25, -0.2) is 10.2 Å². The molecule has 0 aromatic heterocycles. The van der Waals surface area contributed by atoms with E-state index in [2.05, 4.69) is 16.2 Å². The van der Waals surface area contributed by atoms with Gasteiger partial charge in [0.25, 0.3) is 5.91 Å². The Morgan fingerprint density at radius 1 is 1.04 bits per heavy atom. The van der Waals surface area contributed by atoms with E-state index >= 15 is 0 Å². The topological polar surface area (TPSA) is 79.5 Å². The van der Waals surface area contributed by atoms with Crippen molar-refractivity contribution in [3.8, 4) is 5.75 Å². The standard InChI is InChI=1S/C16H16ClN3O3/c1-11-4-2-3-5-14(11)18-16(22)20-19-15(21)10-23-13-8-6-12(17)7-9-13/h2-9H,10H2,1H3,(H,19,21)(H2,18,20,22). The number of nitrogens with one attached hydrogen (secondary N) is 3. The molecule has 0 spiro atoms. The fourth-order valence-corrected chi connectivity index (χ4v) is 1.83. The van der Waals surface area contributed by atoms with Crippen LogP contribution in [-0.2, 0) is 4.79 Å². The molecule has 0 saturated carbocycles. The van der Waals surface area contributed by atoms with Gasteiger partial charge in [-0.15, -0.1) is 0 Å². The number of para-hydroxylation sites is 1. The molecule has 2 aromatic carbocycles. The Kier molecular flexibility index (Phi) is 5.82. The third kappa shape index (κ3) is 5.52. The highest BCUT2D eigenvalue weighted by Crippen LogP contribution is 2.15. The monoisotopic (exact) mass is 333 g/mol. The lowest BCUT2D eigenvalue weighted by Gasteiger charge is -2.11. The van der Waals surface area contributed by atoms with Crippen LogP contribution >= 0.6 is 11.6 Å². The lowest BCUT2D eigenvalue weighted by atomic mass is 10.2. The minimum atomic E-state index is -0.542. The minimum absolute atomic E-state index is 0.230. The van der Waals surface area contributed by atoms with Crippen LogP contribution in [0.15, 0.2) is 48.5 Å². The highest BCUT2D eigenvalue weighted by molar-refractivity contribution is 6.30. The van der Waals surface area contributed by atoms with Crippen molar-refractivity contribution in [2.24, 2.45) is 0 Å². The van der Waals surface area contributed by atoms with E-state index in [-0.39, 0.29) is 6.61 Å². The summed E-state index contributed by atoms with van der Waals surface area (Å²) in [6.07, 6.45) is 0. The molecule has 0 fully saturated rings. The molecule has 7 heteroatoms. The van der Waals surface area contributed by atoms with Gasteiger partial charge in [0.05, 0.1) is 0 Å². The van der Waals surface area contributed by atoms with Gasteiger partial charge >= 0.3 is 6.03 Å².